The number of aromatic nitrogens is 4. The molecule has 9 heteroatoms. The summed E-state index contributed by atoms with van der Waals surface area (Å²) >= 11 is 0. The second kappa shape index (κ2) is 10.6. The number of aliphatic carboxylic acids is 1. The van der Waals surface area contributed by atoms with Crippen LogP contribution in [0.15, 0.2) is 48.5 Å². The highest BCUT2D eigenvalue weighted by atomic mass is 16.5. The number of ether oxygens (including phenoxy) is 1. The van der Waals surface area contributed by atoms with Gasteiger partial charge in [-0.25, -0.2) is 4.68 Å². The summed E-state index contributed by atoms with van der Waals surface area (Å²) in [5.74, 6) is -0.987. The fourth-order valence-electron chi connectivity index (χ4n) is 3.61. The quantitative estimate of drug-likeness (QED) is 0.465. The van der Waals surface area contributed by atoms with E-state index in [-0.39, 0.29) is 19.6 Å². The third-order valence-electron chi connectivity index (χ3n) is 5.09. The summed E-state index contributed by atoms with van der Waals surface area (Å²) in [5.41, 5.74) is 3.74. The molecule has 0 spiro atoms. The Labute approximate surface area is 186 Å². The number of carbonyl (C=O) groups is 2. The van der Waals surface area contributed by atoms with Crippen molar-refractivity contribution in [2.75, 3.05) is 6.61 Å². The van der Waals surface area contributed by atoms with Gasteiger partial charge >= 0.3 is 11.9 Å². The van der Waals surface area contributed by atoms with E-state index in [4.69, 9.17) is 4.74 Å². The molecule has 9 nitrogen and oxygen atoms in total. The summed E-state index contributed by atoms with van der Waals surface area (Å²) in [6, 6.07) is 14.4. The molecule has 2 atom stereocenters. The zero-order valence-corrected chi connectivity index (χ0v) is 18.4. The summed E-state index contributed by atoms with van der Waals surface area (Å²) in [6.45, 7) is 5.76. The summed E-state index contributed by atoms with van der Waals surface area (Å²) in [6.07, 6.45) is -0.134. The van der Waals surface area contributed by atoms with E-state index in [1.165, 1.54) is 4.68 Å². The van der Waals surface area contributed by atoms with Gasteiger partial charge in [-0.2, -0.15) is 0 Å². The van der Waals surface area contributed by atoms with Crippen molar-refractivity contribution < 1.29 is 19.4 Å². The first-order valence-corrected chi connectivity index (χ1v) is 10.4. The lowest BCUT2D eigenvalue weighted by Crippen LogP contribution is -2.32. The van der Waals surface area contributed by atoms with Gasteiger partial charge in [0.15, 0.2) is 5.82 Å². The van der Waals surface area contributed by atoms with E-state index in [1.54, 1.807) is 6.92 Å². The predicted octanol–water partition coefficient (Wildman–Crippen LogP) is 2.75. The van der Waals surface area contributed by atoms with Crippen molar-refractivity contribution in [2.45, 2.75) is 45.8 Å². The maximum absolute atomic E-state index is 12.1. The van der Waals surface area contributed by atoms with Crippen molar-refractivity contribution in [1.29, 1.82) is 0 Å². The number of carboxylic acids is 1. The molecule has 3 rings (SSSR count). The molecule has 1 heterocycles. The zero-order chi connectivity index (χ0) is 23.1. The molecular formula is C23H27N5O4. The molecule has 0 aliphatic rings. The first-order chi connectivity index (χ1) is 15.4. The largest absolute Gasteiger partial charge is 0.481 e. The Hall–Kier alpha value is -3.59. The first-order valence-electron chi connectivity index (χ1n) is 10.4. The van der Waals surface area contributed by atoms with E-state index >= 15 is 0 Å². The number of carboxylic acid groups (broad SMARTS) is 1. The predicted molar refractivity (Wildman–Crippen MR) is 117 cm³/mol. The summed E-state index contributed by atoms with van der Waals surface area (Å²) in [5, 5.41) is 24.9. The number of tetrazole rings is 1. The highest BCUT2D eigenvalue weighted by molar-refractivity contribution is 5.69. The molecule has 0 bridgehead atoms. The summed E-state index contributed by atoms with van der Waals surface area (Å²) in [7, 11) is 0. The highest BCUT2D eigenvalue weighted by Gasteiger charge is 2.28. The van der Waals surface area contributed by atoms with Crippen molar-refractivity contribution in [3.63, 3.8) is 0 Å². The lowest BCUT2D eigenvalue weighted by atomic mass is 9.96. The molecule has 168 valence electrons. The average molecular weight is 438 g/mol. The number of nitrogens with zero attached hydrogens (tertiary/aromatic N) is 4. The molecule has 2 aromatic carbocycles. The van der Waals surface area contributed by atoms with Crippen molar-refractivity contribution in [3.05, 3.63) is 76.6 Å². The minimum Gasteiger partial charge on any atom is -0.481 e. The number of esters is 1. The number of rotatable bonds is 10. The van der Waals surface area contributed by atoms with E-state index in [9.17, 15) is 14.7 Å². The number of hydrogen-bond acceptors (Lipinski definition) is 7. The molecule has 0 amide bonds. The van der Waals surface area contributed by atoms with Crippen molar-refractivity contribution in [3.8, 4) is 0 Å². The van der Waals surface area contributed by atoms with Crippen LogP contribution in [0.2, 0.25) is 0 Å². The molecule has 0 aliphatic carbocycles. The molecule has 1 aromatic heterocycles. The number of carbonyl (C=O) groups excluding carboxylic acids is 1. The second-order valence-electron chi connectivity index (χ2n) is 7.52. The lowest BCUT2D eigenvalue weighted by Gasteiger charge is -2.26. The first kappa shape index (κ1) is 23.1. The van der Waals surface area contributed by atoms with Gasteiger partial charge in [0.05, 0.1) is 19.1 Å². The zero-order valence-electron chi connectivity index (χ0n) is 18.4. The van der Waals surface area contributed by atoms with Crippen LogP contribution in [-0.2, 0) is 20.9 Å². The molecule has 0 radical (unpaired) electrons. The third kappa shape index (κ3) is 5.76. The van der Waals surface area contributed by atoms with Crippen LogP contribution < -0.4 is 5.32 Å². The van der Waals surface area contributed by atoms with Crippen molar-refractivity contribution in [1.82, 2.24) is 25.5 Å². The van der Waals surface area contributed by atoms with Crippen LogP contribution in [0.3, 0.4) is 0 Å². The van der Waals surface area contributed by atoms with Gasteiger partial charge in [-0.15, -0.1) is 5.10 Å². The molecule has 2 N–H and O–H groups in total. The van der Waals surface area contributed by atoms with E-state index in [0.717, 1.165) is 22.3 Å². The Morgan fingerprint density at radius 1 is 1.16 bits per heavy atom. The second-order valence-corrected chi connectivity index (χ2v) is 7.52. The van der Waals surface area contributed by atoms with E-state index in [2.05, 4.69) is 20.8 Å². The van der Waals surface area contributed by atoms with Crippen LogP contribution in [0, 0.1) is 13.8 Å². The van der Waals surface area contributed by atoms with E-state index in [1.807, 2.05) is 62.4 Å². The molecule has 0 fully saturated rings. The molecule has 0 saturated heterocycles. The molecule has 32 heavy (non-hydrogen) atoms. The lowest BCUT2D eigenvalue weighted by molar-refractivity contribution is -0.144. The standard InChI is InChI=1S/C23H27N5O4/c1-4-32-21(31)14-28-23(25-26-27-28)22(18-11-6-5-9-16(18)3)24-19(13-20(29)30)17-10-7-8-15(2)12-17/h5-12,19,22,24H,4,13-14H2,1-3H3,(H,29,30). The Kier molecular flexibility index (Phi) is 7.67. The Bertz CT molecular complexity index is 1080. The Morgan fingerprint density at radius 2 is 1.94 bits per heavy atom. The van der Waals surface area contributed by atoms with Gasteiger partial charge in [-0.3, -0.25) is 14.9 Å². The van der Waals surface area contributed by atoms with Gasteiger partial charge in [0, 0.05) is 6.04 Å². The smallest absolute Gasteiger partial charge is 0.327 e. The molecule has 0 saturated carbocycles. The van der Waals surface area contributed by atoms with Crippen LogP contribution >= 0.6 is 0 Å². The minimum absolute atomic E-state index is 0.134. The van der Waals surface area contributed by atoms with Crippen LogP contribution in [0.1, 0.15) is 53.5 Å². The van der Waals surface area contributed by atoms with Crippen LogP contribution in [0.4, 0.5) is 0 Å². The van der Waals surface area contributed by atoms with Crippen LogP contribution in [0.5, 0.6) is 0 Å². The molecule has 2 unspecified atom stereocenters. The SMILES string of the molecule is CCOC(=O)Cn1nnnc1C(NC(CC(=O)O)c1cccc(C)c1)c1ccccc1C. The highest BCUT2D eigenvalue weighted by Crippen LogP contribution is 2.29. The molecule has 0 aliphatic heterocycles. The van der Waals surface area contributed by atoms with E-state index < -0.39 is 24.0 Å². The topological polar surface area (TPSA) is 119 Å². The monoisotopic (exact) mass is 437 g/mol. The summed E-state index contributed by atoms with van der Waals surface area (Å²) < 4.78 is 6.43. The number of nitrogens with one attached hydrogen (secondary N) is 1. The van der Waals surface area contributed by atoms with Gasteiger partial charge < -0.3 is 9.84 Å². The summed E-state index contributed by atoms with van der Waals surface area (Å²) in [4.78, 5) is 23.8. The normalized spacial score (nSPS) is 12.8. The number of aryl methyl sites for hydroxylation is 2. The Morgan fingerprint density at radius 3 is 2.62 bits per heavy atom. The van der Waals surface area contributed by atoms with Gasteiger partial charge in [0.1, 0.15) is 6.54 Å². The van der Waals surface area contributed by atoms with Crippen LogP contribution in [0.25, 0.3) is 0 Å². The van der Waals surface area contributed by atoms with E-state index in [0.29, 0.717) is 5.82 Å². The van der Waals surface area contributed by atoms with Gasteiger partial charge in [0.25, 0.3) is 0 Å². The van der Waals surface area contributed by atoms with Crippen LogP contribution in [-0.4, -0.2) is 43.9 Å². The third-order valence-corrected chi connectivity index (χ3v) is 5.09. The van der Waals surface area contributed by atoms with Gasteiger partial charge in [-0.05, 0) is 47.9 Å². The Balaban J connectivity index is 2.04. The number of hydrogen-bond donors (Lipinski definition) is 2. The maximum atomic E-state index is 12.1. The maximum Gasteiger partial charge on any atom is 0.327 e. The van der Waals surface area contributed by atoms with Gasteiger partial charge in [-0.1, -0.05) is 54.1 Å². The molecule has 3 aromatic rings. The fourth-order valence-corrected chi connectivity index (χ4v) is 3.61. The van der Waals surface area contributed by atoms with Crippen molar-refractivity contribution >= 4 is 11.9 Å². The fraction of sp³-hybridized carbons (Fsp3) is 0.348. The van der Waals surface area contributed by atoms with Crippen molar-refractivity contribution in [2.24, 2.45) is 0 Å². The molecular weight excluding hydrogens is 410 g/mol. The number of benzene rings is 2. The minimum atomic E-state index is -0.932. The average Bonchev–Trinajstić information content (AvgIpc) is 3.19. The van der Waals surface area contributed by atoms with Gasteiger partial charge in [0.2, 0.25) is 0 Å².